The van der Waals surface area contributed by atoms with Crippen molar-refractivity contribution in [2.24, 2.45) is 0 Å². The molecule has 0 aliphatic heterocycles. The molecule has 1 aromatic heterocycles. The zero-order valence-corrected chi connectivity index (χ0v) is 11.5. The lowest BCUT2D eigenvalue weighted by Crippen LogP contribution is -2.37. The van der Waals surface area contributed by atoms with E-state index in [0.717, 1.165) is 4.88 Å². The highest BCUT2D eigenvalue weighted by Gasteiger charge is 2.18. The number of nitrogens with one attached hydrogen (secondary N) is 2. The molecule has 0 radical (unpaired) electrons. The number of thiophene rings is 1. The lowest BCUT2D eigenvalue weighted by atomic mass is 10.1. The fourth-order valence-electron chi connectivity index (χ4n) is 1.51. The van der Waals surface area contributed by atoms with Gasteiger partial charge in [0.25, 0.3) is 0 Å². The quantitative estimate of drug-likeness (QED) is 0.579. The average molecular weight is 286 g/mol. The van der Waals surface area contributed by atoms with Crippen molar-refractivity contribution < 1.29 is 19.4 Å². The molecule has 0 aliphatic rings. The second-order valence-electron chi connectivity index (χ2n) is 3.90. The molecule has 1 rings (SSSR count). The number of aliphatic carboxylic acids is 1. The van der Waals surface area contributed by atoms with E-state index in [1.165, 1.54) is 11.3 Å². The number of carboxylic acids is 1. The Kier molecular flexibility index (Phi) is 7.09. The van der Waals surface area contributed by atoms with E-state index < -0.39 is 12.0 Å². The average Bonchev–Trinajstić information content (AvgIpc) is 2.87. The molecule has 1 amide bonds. The van der Waals surface area contributed by atoms with Gasteiger partial charge in [-0.2, -0.15) is 0 Å². The maximum Gasteiger partial charge on any atom is 0.305 e. The molecule has 1 heterocycles. The third-order valence-corrected chi connectivity index (χ3v) is 3.36. The molecule has 0 bridgehead atoms. The van der Waals surface area contributed by atoms with Gasteiger partial charge in [-0.25, -0.2) is 0 Å². The minimum Gasteiger partial charge on any atom is -0.481 e. The van der Waals surface area contributed by atoms with Crippen LogP contribution in [0.2, 0.25) is 0 Å². The molecule has 3 N–H and O–H groups in total. The van der Waals surface area contributed by atoms with Crippen LogP contribution in [0.1, 0.15) is 17.3 Å². The van der Waals surface area contributed by atoms with Crippen molar-refractivity contribution in [1.29, 1.82) is 0 Å². The third-order valence-electron chi connectivity index (χ3n) is 2.37. The molecule has 19 heavy (non-hydrogen) atoms. The summed E-state index contributed by atoms with van der Waals surface area (Å²) in [5.74, 6) is -1.17. The number of hydrogen-bond donors (Lipinski definition) is 3. The van der Waals surface area contributed by atoms with Crippen molar-refractivity contribution in [3.63, 3.8) is 0 Å². The molecule has 0 aliphatic carbocycles. The zero-order chi connectivity index (χ0) is 14.1. The van der Waals surface area contributed by atoms with Crippen LogP contribution in [0.5, 0.6) is 0 Å². The first-order chi connectivity index (χ1) is 9.13. The standard InChI is InChI=1S/C12H18N2O4S/c1-18-5-4-13-8-11(15)14-9(7-12(16)17)10-3-2-6-19-10/h2-3,6,9,13H,4-5,7-8H2,1H3,(H,14,15)(H,16,17). The van der Waals surface area contributed by atoms with E-state index in [-0.39, 0.29) is 18.9 Å². The molecule has 0 saturated heterocycles. The van der Waals surface area contributed by atoms with E-state index in [1.807, 2.05) is 17.5 Å². The van der Waals surface area contributed by atoms with Crippen molar-refractivity contribution in [2.45, 2.75) is 12.5 Å². The van der Waals surface area contributed by atoms with Gasteiger partial charge in [0, 0.05) is 18.5 Å². The van der Waals surface area contributed by atoms with Crippen LogP contribution in [0, 0.1) is 0 Å². The van der Waals surface area contributed by atoms with Crippen LogP contribution in [0.3, 0.4) is 0 Å². The second-order valence-corrected chi connectivity index (χ2v) is 4.88. The smallest absolute Gasteiger partial charge is 0.305 e. The molecule has 7 heteroatoms. The first-order valence-electron chi connectivity index (χ1n) is 5.87. The van der Waals surface area contributed by atoms with E-state index in [2.05, 4.69) is 10.6 Å². The van der Waals surface area contributed by atoms with Gasteiger partial charge < -0.3 is 20.5 Å². The molecule has 1 aromatic rings. The molecule has 0 fully saturated rings. The second kappa shape index (κ2) is 8.63. The Morgan fingerprint density at radius 1 is 1.53 bits per heavy atom. The minimum atomic E-state index is -0.939. The minimum absolute atomic E-state index is 0.121. The van der Waals surface area contributed by atoms with E-state index in [9.17, 15) is 9.59 Å². The lowest BCUT2D eigenvalue weighted by molar-refractivity contribution is -0.137. The first kappa shape index (κ1) is 15.6. The van der Waals surface area contributed by atoms with E-state index in [0.29, 0.717) is 13.2 Å². The van der Waals surface area contributed by atoms with E-state index >= 15 is 0 Å². The molecule has 6 nitrogen and oxygen atoms in total. The van der Waals surface area contributed by atoms with Gasteiger partial charge in [0.1, 0.15) is 0 Å². The first-order valence-corrected chi connectivity index (χ1v) is 6.75. The predicted molar refractivity (Wildman–Crippen MR) is 72.2 cm³/mol. The summed E-state index contributed by atoms with van der Waals surface area (Å²) in [5.41, 5.74) is 0. The summed E-state index contributed by atoms with van der Waals surface area (Å²) >= 11 is 1.43. The fourth-order valence-corrected chi connectivity index (χ4v) is 2.29. The summed E-state index contributed by atoms with van der Waals surface area (Å²) in [6.07, 6.45) is -0.121. The summed E-state index contributed by atoms with van der Waals surface area (Å²) in [4.78, 5) is 23.3. The molecule has 0 saturated carbocycles. The number of methoxy groups -OCH3 is 1. The lowest BCUT2D eigenvalue weighted by Gasteiger charge is -2.15. The predicted octanol–water partition coefficient (Wildman–Crippen LogP) is 0.616. The monoisotopic (exact) mass is 286 g/mol. The summed E-state index contributed by atoms with van der Waals surface area (Å²) in [7, 11) is 1.58. The van der Waals surface area contributed by atoms with Gasteiger partial charge >= 0.3 is 5.97 Å². The highest BCUT2D eigenvalue weighted by atomic mass is 32.1. The van der Waals surface area contributed by atoms with Crippen LogP contribution in [0.25, 0.3) is 0 Å². The summed E-state index contributed by atoms with van der Waals surface area (Å²) in [6.45, 7) is 1.24. The van der Waals surface area contributed by atoms with Gasteiger partial charge in [-0.15, -0.1) is 11.3 Å². The van der Waals surface area contributed by atoms with E-state index in [1.54, 1.807) is 7.11 Å². The Bertz CT molecular complexity index is 394. The number of carbonyl (C=O) groups is 2. The van der Waals surface area contributed by atoms with Crippen molar-refractivity contribution in [3.8, 4) is 0 Å². The highest BCUT2D eigenvalue weighted by Crippen LogP contribution is 2.21. The van der Waals surface area contributed by atoms with Crippen LogP contribution in [0.4, 0.5) is 0 Å². The molecule has 106 valence electrons. The summed E-state index contributed by atoms with van der Waals surface area (Å²) in [5, 5.41) is 16.3. The van der Waals surface area contributed by atoms with Crippen molar-refractivity contribution in [1.82, 2.24) is 10.6 Å². The van der Waals surface area contributed by atoms with Crippen LogP contribution >= 0.6 is 11.3 Å². The zero-order valence-electron chi connectivity index (χ0n) is 10.7. The molecule has 1 atom stereocenters. The van der Waals surface area contributed by atoms with E-state index in [4.69, 9.17) is 9.84 Å². The number of carbonyl (C=O) groups excluding carboxylic acids is 1. The van der Waals surface area contributed by atoms with Gasteiger partial charge in [-0.3, -0.25) is 9.59 Å². The largest absolute Gasteiger partial charge is 0.481 e. The molecular weight excluding hydrogens is 268 g/mol. The summed E-state index contributed by atoms with van der Waals surface area (Å²) < 4.78 is 4.85. The van der Waals surface area contributed by atoms with Crippen LogP contribution in [-0.4, -0.2) is 43.8 Å². The van der Waals surface area contributed by atoms with Gasteiger partial charge in [-0.05, 0) is 11.4 Å². The van der Waals surface area contributed by atoms with Gasteiger partial charge in [-0.1, -0.05) is 6.07 Å². The van der Waals surface area contributed by atoms with Gasteiger partial charge in [0.05, 0.1) is 25.6 Å². The number of ether oxygens (including phenoxy) is 1. The topological polar surface area (TPSA) is 87.7 Å². The molecule has 1 unspecified atom stereocenters. The van der Waals surface area contributed by atoms with Crippen molar-refractivity contribution in [3.05, 3.63) is 22.4 Å². The fraction of sp³-hybridized carbons (Fsp3) is 0.500. The Balaban J connectivity index is 2.44. The number of hydrogen-bond acceptors (Lipinski definition) is 5. The number of carboxylic acid groups (broad SMARTS) is 1. The molecular formula is C12H18N2O4S. The Morgan fingerprint density at radius 3 is 2.89 bits per heavy atom. The van der Waals surface area contributed by atoms with Gasteiger partial charge in [0.2, 0.25) is 5.91 Å². The van der Waals surface area contributed by atoms with Crippen LogP contribution in [-0.2, 0) is 14.3 Å². The normalized spacial score (nSPS) is 12.1. The Labute approximate surface area is 115 Å². The third kappa shape index (κ3) is 6.32. The Hall–Kier alpha value is -1.44. The maximum absolute atomic E-state index is 11.7. The molecule has 0 spiro atoms. The maximum atomic E-state index is 11.7. The van der Waals surface area contributed by atoms with Crippen molar-refractivity contribution in [2.75, 3.05) is 26.8 Å². The summed E-state index contributed by atoms with van der Waals surface area (Å²) in [6, 6.07) is 3.17. The SMILES string of the molecule is COCCNCC(=O)NC(CC(=O)O)c1cccs1. The number of amides is 1. The number of rotatable bonds is 9. The Morgan fingerprint density at radius 2 is 2.32 bits per heavy atom. The molecule has 0 aromatic carbocycles. The van der Waals surface area contributed by atoms with Crippen LogP contribution < -0.4 is 10.6 Å². The highest BCUT2D eigenvalue weighted by molar-refractivity contribution is 7.10. The van der Waals surface area contributed by atoms with Crippen molar-refractivity contribution >= 4 is 23.2 Å². The van der Waals surface area contributed by atoms with Crippen LogP contribution in [0.15, 0.2) is 17.5 Å². The van der Waals surface area contributed by atoms with Gasteiger partial charge in [0.15, 0.2) is 0 Å².